The van der Waals surface area contributed by atoms with Gasteiger partial charge in [-0.15, -0.1) is 0 Å². The summed E-state index contributed by atoms with van der Waals surface area (Å²) in [7, 11) is -4.72. The number of benzene rings is 1. The molecule has 2 bridgehead atoms. The van der Waals surface area contributed by atoms with E-state index in [1.54, 1.807) is 18.2 Å². The second-order valence-corrected chi connectivity index (χ2v) is 12.8. The fraction of sp³-hybridized carbons (Fsp3) is 0.679. The van der Waals surface area contributed by atoms with Gasteiger partial charge < -0.3 is 14.2 Å². The molecule has 0 amide bonds. The molecule has 0 aromatic heterocycles. The molecule has 208 valence electrons. The lowest BCUT2D eigenvalue weighted by Crippen LogP contribution is -2.53. The third kappa shape index (κ3) is 5.61. The van der Waals surface area contributed by atoms with Crippen molar-refractivity contribution in [3.8, 4) is 0 Å². The molecular formula is C28H36O9S. The van der Waals surface area contributed by atoms with Crippen molar-refractivity contribution in [2.24, 2.45) is 23.7 Å². The van der Waals surface area contributed by atoms with Gasteiger partial charge in [0.25, 0.3) is 10.1 Å². The zero-order valence-corrected chi connectivity index (χ0v) is 22.2. The minimum atomic E-state index is -4.72. The number of hydrogen-bond donors (Lipinski definition) is 1. The molecule has 4 aliphatic carbocycles. The topological polar surface area (TPSA) is 133 Å². The highest BCUT2D eigenvalue weighted by Gasteiger charge is 2.68. The van der Waals surface area contributed by atoms with E-state index < -0.39 is 63.1 Å². The zero-order chi connectivity index (χ0) is 26.9. The number of esters is 3. The Morgan fingerprint density at radius 1 is 0.711 bits per heavy atom. The molecule has 1 aromatic carbocycles. The Morgan fingerprint density at radius 3 is 1.71 bits per heavy atom. The summed E-state index contributed by atoms with van der Waals surface area (Å²) in [6.45, 7) is 0. The molecule has 4 aliphatic rings. The van der Waals surface area contributed by atoms with Crippen LogP contribution in [0.3, 0.4) is 0 Å². The molecule has 38 heavy (non-hydrogen) atoms. The molecule has 0 aliphatic heterocycles. The maximum absolute atomic E-state index is 13.6. The normalized spacial score (nSPS) is 32.0. The quantitative estimate of drug-likeness (QED) is 0.304. The van der Waals surface area contributed by atoms with Crippen LogP contribution in [0.25, 0.3) is 0 Å². The predicted octanol–water partition coefficient (Wildman–Crippen LogP) is 4.10. The van der Waals surface area contributed by atoms with E-state index in [0.29, 0.717) is 0 Å². The largest absolute Gasteiger partial charge is 0.462 e. The number of carbonyl (C=O) groups excluding carboxylic acids is 3. The first-order valence-corrected chi connectivity index (χ1v) is 15.4. The fourth-order valence-electron chi connectivity index (χ4n) is 7.11. The molecule has 6 unspecified atom stereocenters. The van der Waals surface area contributed by atoms with E-state index in [1.807, 2.05) is 0 Å². The summed E-state index contributed by atoms with van der Waals surface area (Å²) < 4.78 is 52.8. The Hall–Kier alpha value is -2.46. The number of rotatable bonds is 7. The Morgan fingerprint density at radius 2 is 1.21 bits per heavy atom. The van der Waals surface area contributed by atoms with Crippen molar-refractivity contribution >= 4 is 28.0 Å². The Bertz CT molecular complexity index is 1120. The predicted molar refractivity (Wildman–Crippen MR) is 135 cm³/mol. The second kappa shape index (κ2) is 11.3. The molecule has 4 fully saturated rings. The summed E-state index contributed by atoms with van der Waals surface area (Å²) >= 11 is 0. The van der Waals surface area contributed by atoms with E-state index in [-0.39, 0.29) is 24.2 Å². The van der Waals surface area contributed by atoms with Crippen molar-refractivity contribution in [3.05, 3.63) is 35.9 Å². The Balaban J connectivity index is 1.43. The SMILES string of the molecule is O=C(OC1C2CC(C(C(=O)OC3CCCCC3)C2C(=O)OC2CCCCC2)C1S(=O)(=O)O)c1ccccc1. The molecule has 9 nitrogen and oxygen atoms in total. The third-order valence-electron chi connectivity index (χ3n) is 8.83. The van der Waals surface area contributed by atoms with Crippen molar-refractivity contribution in [2.45, 2.75) is 94.2 Å². The van der Waals surface area contributed by atoms with Gasteiger partial charge in [0.15, 0.2) is 0 Å². The van der Waals surface area contributed by atoms with Gasteiger partial charge in [0, 0.05) is 5.92 Å². The van der Waals surface area contributed by atoms with Gasteiger partial charge in [-0.25, -0.2) is 4.79 Å². The van der Waals surface area contributed by atoms with Gasteiger partial charge >= 0.3 is 17.9 Å². The molecule has 6 atom stereocenters. The van der Waals surface area contributed by atoms with Gasteiger partial charge in [0.05, 0.1) is 17.4 Å². The van der Waals surface area contributed by atoms with Crippen LogP contribution in [0.15, 0.2) is 30.3 Å². The van der Waals surface area contributed by atoms with Crippen molar-refractivity contribution in [1.82, 2.24) is 0 Å². The van der Waals surface area contributed by atoms with Crippen LogP contribution in [0.1, 0.15) is 81.0 Å². The van der Waals surface area contributed by atoms with Crippen molar-refractivity contribution < 1.29 is 41.6 Å². The summed E-state index contributed by atoms with van der Waals surface area (Å²) in [6, 6.07) is 8.11. The van der Waals surface area contributed by atoms with Gasteiger partial charge in [-0.05, 0) is 75.8 Å². The molecule has 1 aromatic rings. The van der Waals surface area contributed by atoms with E-state index in [1.165, 1.54) is 12.1 Å². The van der Waals surface area contributed by atoms with E-state index >= 15 is 0 Å². The summed E-state index contributed by atoms with van der Waals surface area (Å²) in [6.07, 6.45) is 7.16. The zero-order valence-electron chi connectivity index (χ0n) is 21.4. The van der Waals surface area contributed by atoms with E-state index in [0.717, 1.165) is 64.2 Å². The molecule has 0 heterocycles. The molecular weight excluding hydrogens is 512 g/mol. The highest BCUT2D eigenvalue weighted by Crippen LogP contribution is 2.56. The first kappa shape index (κ1) is 27.1. The summed E-state index contributed by atoms with van der Waals surface area (Å²) in [5.41, 5.74) is 0.221. The molecule has 1 N–H and O–H groups in total. The van der Waals surface area contributed by atoms with E-state index in [2.05, 4.69) is 0 Å². The molecule has 0 radical (unpaired) electrons. The number of fused-ring (bicyclic) bond motifs is 2. The summed E-state index contributed by atoms with van der Waals surface area (Å²) in [5, 5.41) is -1.53. The standard InChI is InChI=1S/C28H36O9S/c29-26(17-10-4-1-5-11-17)37-24-20-16-21(25(24)38(32,33)34)23(28(31)36-19-14-8-3-9-15-19)22(20)27(30)35-18-12-6-2-7-13-18/h1,4-5,10-11,18-25H,2-3,6-9,12-16H2,(H,32,33,34). The van der Waals surface area contributed by atoms with Gasteiger partial charge in [-0.2, -0.15) is 8.42 Å². The van der Waals surface area contributed by atoms with Crippen molar-refractivity contribution in [1.29, 1.82) is 0 Å². The van der Waals surface area contributed by atoms with Crippen molar-refractivity contribution in [3.63, 3.8) is 0 Å². The molecule has 0 saturated heterocycles. The first-order chi connectivity index (χ1) is 18.2. The Kier molecular flexibility index (Phi) is 8.09. The van der Waals surface area contributed by atoms with Crippen molar-refractivity contribution in [2.75, 3.05) is 0 Å². The molecule has 10 heteroatoms. The molecule has 4 saturated carbocycles. The van der Waals surface area contributed by atoms with Crippen LogP contribution in [0.5, 0.6) is 0 Å². The first-order valence-electron chi connectivity index (χ1n) is 13.9. The number of ether oxygens (including phenoxy) is 3. The third-order valence-corrected chi connectivity index (χ3v) is 10.1. The van der Waals surface area contributed by atoms with Gasteiger partial charge in [-0.3, -0.25) is 14.1 Å². The van der Waals surface area contributed by atoms with Crippen LogP contribution in [-0.2, 0) is 33.9 Å². The minimum Gasteiger partial charge on any atom is -0.462 e. The van der Waals surface area contributed by atoms with Crippen LogP contribution < -0.4 is 0 Å². The van der Waals surface area contributed by atoms with Crippen LogP contribution >= 0.6 is 0 Å². The van der Waals surface area contributed by atoms with Crippen LogP contribution in [-0.4, -0.2) is 54.4 Å². The lowest BCUT2D eigenvalue weighted by atomic mass is 9.77. The second-order valence-electron chi connectivity index (χ2n) is 11.2. The Labute approximate surface area is 223 Å². The number of hydrogen-bond acceptors (Lipinski definition) is 8. The average Bonchev–Trinajstić information content (AvgIpc) is 3.47. The summed E-state index contributed by atoms with van der Waals surface area (Å²) in [4.78, 5) is 40.0. The maximum Gasteiger partial charge on any atom is 0.338 e. The smallest absolute Gasteiger partial charge is 0.338 e. The van der Waals surface area contributed by atoms with Gasteiger partial charge in [-0.1, -0.05) is 31.0 Å². The van der Waals surface area contributed by atoms with E-state index in [4.69, 9.17) is 14.2 Å². The van der Waals surface area contributed by atoms with Gasteiger partial charge in [0.2, 0.25) is 0 Å². The average molecular weight is 549 g/mol. The van der Waals surface area contributed by atoms with Crippen LogP contribution in [0.4, 0.5) is 0 Å². The highest BCUT2D eigenvalue weighted by molar-refractivity contribution is 7.86. The summed E-state index contributed by atoms with van der Waals surface area (Å²) in [5.74, 6) is -5.78. The molecule has 0 spiro atoms. The van der Waals surface area contributed by atoms with Gasteiger partial charge in [0.1, 0.15) is 23.6 Å². The number of carbonyl (C=O) groups is 3. The lowest BCUT2D eigenvalue weighted by Gasteiger charge is -2.38. The van der Waals surface area contributed by atoms with Crippen LogP contribution in [0, 0.1) is 23.7 Å². The fourth-order valence-corrected chi connectivity index (χ4v) is 8.43. The minimum absolute atomic E-state index is 0.131. The van der Waals surface area contributed by atoms with Crippen LogP contribution in [0.2, 0.25) is 0 Å². The van der Waals surface area contributed by atoms with E-state index in [9.17, 15) is 27.4 Å². The highest BCUT2D eigenvalue weighted by atomic mass is 32.2. The monoisotopic (exact) mass is 548 g/mol. The lowest BCUT2D eigenvalue weighted by molar-refractivity contribution is -0.173. The maximum atomic E-state index is 13.6. The molecule has 5 rings (SSSR count).